The Labute approximate surface area is 126 Å². The molecule has 0 fully saturated rings. The van der Waals surface area contributed by atoms with Gasteiger partial charge in [0.05, 0.1) is 18.2 Å². The third kappa shape index (κ3) is 2.69. The van der Waals surface area contributed by atoms with E-state index in [4.69, 9.17) is 14.6 Å². The highest BCUT2D eigenvalue weighted by molar-refractivity contribution is 5.89. The minimum Gasteiger partial charge on any atom is -0.497 e. The van der Waals surface area contributed by atoms with Crippen molar-refractivity contribution in [3.05, 3.63) is 60.3 Å². The molecule has 0 amide bonds. The van der Waals surface area contributed by atoms with Crippen molar-refractivity contribution in [3.63, 3.8) is 0 Å². The topological polar surface area (TPSA) is 68.7 Å². The van der Waals surface area contributed by atoms with E-state index in [9.17, 15) is 4.79 Å². The molecular weight excluding hydrogens is 282 g/mol. The lowest BCUT2D eigenvalue weighted by Crippen LogP contribution is -1.98. The van der Waals surface area contributed by atoms with Crippen molar-refractivity contribution in [2.24, 2.45) is 0 Å². The number of pyridine rings is 1. The molecule has 0 atom stereocenters. The molecule has 0 aliphatic heterocycles. The van der Waals surface area contributed by atoms with Crippen molar-refractivity contribution in [3.8, 4) is 17.2 Å². The molecule has 3 rings (SSSR count). The predicted molar refractivity (Wildman–Crippen MR) is 81.8 cm³/mol. The van der Waals surface area contributed by atoms with Crippen LogP contribution in [0.15, 0.2) is 54.7 Å². The fourth-order valence-electron chi connectivity index (χ4n) is 2.16. The number of ether oxygens (including phenoxy) is 2. The summed E-state index contributed by atoms with van der Waals surface area (Å²) in [4.78, 5) is 15.4. The highest BCUT2D eigenvalue weighted by Gasteiger charge is 2.10. The zero-order valence-corrected chi connectivity index (χ0v) is 11.8. The van der Waals surface area contributed by atoms with Crippen LogP contribution < -0.4 is 9.47 Å². The van der Waals surface area contributed by atoms with Gasteiger partial charge >= 0.3 is 5.97 Å². The minimum absolute atomic E-state index is 0.104. The van der Waals surface area contributed by atoms with Crippen molar-refractivity contribution in [1.82, 2.24) is 4.98 Å². The molecular formula is C17H13NO4. The number of rotatable bonds is 4. The lowest BCUT2D eigenvalue weighted by Gasteiger charge is -2.10. The number of fused-ring (bicyclic) bond motifs is 1. The second-order valence-corrected chi connectivity index (χ2v) is 4.63. The molecule has 3 aromatic rings. The van der Waals surface area contributed by atoms with Crippen molar-refractivity contribution in [1.29, 1.82) is 0 Å². The zero-order valence-electron chi connectivity index (χ0n) is 11.8. The summed E-state index contributed by atoms with van der Waals surface area (Å²) in [5.74, 6) is 0.389. The first-order valence-electron chi connectivity index (χ1n) is 6.61. The molecule has 5 heteroatoms. The van der Waals surface area contributed by atoms with Gasteiger partial charge in [0, 0.05) is 17.6 Å². The second-order valence-electron chi connectivity index (χ2n) is 4.63. The van der Waals surface area contributed by atoms with Crippen LogP contribution in [0.4, 0.5) is 0 Å². The van der Waals surface area contributed by atoms with E-state index in [0.717, 1.165) is 10.9 Å². The smallest absolute Gasteiger partial charge is 0.335 e. The highest BCUT2D eigenvalue weighted by atomic mass is 16.5. The van der Waals surface area contributed by atoms with Crippen LogP contribution in [0.2, 0.25) is 0 Å². The van der Waals surface area contributed by atoms with E-state index in [-0.39, 0.29) is 5.56 Å². The fourth-order valence-corrected chi connectivity index (χ4v) is 2.16. The molecule has 0 saturated carbocycles. The molecule has 110 valence electrons. The average Bonchev–Trinajstić information content (AvgIpc) is 2.55. The maximum atomic E-state index is 11.2. The predicted octanol–water partition coefficient (Wildman–Crippen LogP) is 3.73. The highest BCUT2D eigenvalue weighted by Crippen LogP contribution is 2.31. The molecule has 0 unspecified atom stereocenters. The maximum absolute atomic E-state index is 11.2. The van der Waals surface area contributed by atoms with Crippen LogP contribution in [0.25, 0.3) is 10.9 Å². The summed E-state index contributed by atoms with van der Waals surface area (Å²) in [5.41, 5.74) is 0.911. The van der Waals surface area contributed by atoms with E-state index < -0.39 is 5.97 Å². The summed E-state index contributed by atoms with van der Waals surface area (Å²) in [5, 5.41) is 10.00. The van der Waals surface area contributed by atoms with E-state index >= 15 is 0 Å². The Kier molecular flexibility index (Phi) is 3.62. The summed E-state index contributed by atoms with van der Waals surface area (Å²) in [7, 11) is 1.48. The number of carboxylic acid groups (broad SMARTS) is 1. The number of benzene rings is 2. The van der Waals surface area contributed by atoms with Crippen molar-refractivity contribution >= 4 is 16.9 Å². The summed E-state index contributed by atoms with van der Waals surface area (Å²) in [6.45, 7) is 0. The molecule has 0 aliphatic rings. The van der Waals surface area contributed by atoms with Crippen molar-refractivity contribution < 1.29 is 19.4 Å². The number of methoxy groups -OCH3 is 1. The number of nitrogens with zero attached hydrogens (tertiary/aromatic N) is 1. The second kappa shape index (κ2) is 5.73. The number of carbonyl (C=O) groups is 1. The Bertz CT molecular complexity index is 840. The number of hydrogen-bond acceptors (Lipinski definition) is 4. The minimum atomic E-state index is -1.04. The third-order valence-corrected chi connectivity index (χ3v) is 3.20. The summed E-state index contributed by atoms with van der Waals surface area (Å²) in [6.07, 6.45) is 1.65. The number of hydrogen-bond donors (Lipinski definition) is 1. The van der Waals surface area contributed by atoms with Crippen LogP contribution >= 0.6 is 0 Å². The van der Waals surface area contributed by atoms with Gasteiger partial charge < -0.3 is 14.6 Å². The first-order valence-corrected chi connectivity index (χ1v) is 6.61. The van der Waals surface area contributed by atoms with E-state index in [1.54, 1.807) is 18.3 Å². The number of aromatic nitrogens is 1. The molecule has 2 aromatic carbocycles. The maximum Gasteiger partial charge on any atom is 0.335 e. The molecule has 0 bridgehead atoms. The zero-order chi connectivity index (χ0) is 15.5. The van der Waals surface area contributed by atoms with E-state index in [0.29, 0.717) is 17.2 Å². The van der Waals surface area contributed by atoms with E-state index in [1.165, 1.54) is 19.2 Å². The number of carboxylic acids is 1. The molecule has 1 N–H and O–H groups in total. The van der Waals surface area contributed by atoms with Crippen LogP contribution in [0.3, 0.4) is 0 Å². The Morgan fingerprint density at radius 2 is 1.86 bits per heavy atom. The van der Waals surface area contributed by atoms with Gasteiger partial charge in [0.1, 0.15) is 17.2 Å². The van der Waals surface area contributed by atoms with Gasteiger partial charge in [-0.15, -0.1) is 0 Å². The monoisotopic (exact) mass is 295 g/mol. The van der Waals surface area contributed by atoms with Gasteiger partial charge in [-0.05, 0) is 30.3 Å². The van der Waals surface area contributed by atoms with Crippen LogP contribution in [-0.4, -0.2) is 23.2 Å². The summed E-state index contributed by atoms with van der Waals surface area (Å²) >= 11 is 0. The van der Waals surface area contributed by atoms with Gasteiger partial charge in [0.25, 0.3) is 0 Å². The third-order valence-electron chi connectivity index (χ3n) is 3.20. The van der Waals surface area contributed by atoms with Gasteiger partial charge in [-0.3, -0.25) is 4.98 Å². The Morgan fingerprint density at radius 3 is 2.64 bits per heavy atom. The Morgan fingerprint density at radius 1 is 1.09 bits per heavy atom. The first kappa shape index (κ1) is 13.9. The van der Waals surface area contributed by atoms with Gasteiger partial charge in [0.2, 0.25) is 0 Å². The standard InChI is InChI=1S/C17H13NO4/c1-21-12-8-11(17(19)20)9-13(10-12)22-16-6-7-18-15-5-3-2-4-14(15)16/h2-10H,1H3,(H,19,20). The van der Waals surface area contributed by atoms with E-state index in [2.05, 4.69) is 4.98 Å². The molecule has 0 spiro atoms. The molecule has 0 aliphatic carbocycles. The normalized spacial score (nSPS) is 10.4. The summed E-state index contributed by atoms with van der Waals surface area (Å²) < 4.78 is 11.0. The van der Waals surface area contributed by atoms with Crippen LogP contribution in [0.1, 0.15) is 10.4 Å². The van der Waals surface area contributed by atoms with E-state index in [1.807, 2.05) is 24.3 Å². The van der Waals surface area contributed by atoms with Gasteiger partial charge in [-0.1, -0.05) is 12.1 Å². The quantitative estimate of drug-likeness (QED) is 0.794. The fraction of sp³-hybridized carbons (Fsp3) is 0.0588. The molecule has 0 saturated heterocycles. The SMILES string of the molecule is COc1cc(Oc2ccnc3ccccc23)cc(C(=O)O)c1. The first-order chi connectivity index (χ1) is 10.7. The van der Waals surface area contributed by atoms with Gasteiger partial charge in [-0.2, -0.15) is 0 Å². The largest absolute Gasteiger partial charge is 0.497 e. The summed E-state index contributed by atoms with van der Waals surface area (Å²) in [6, 6.07) is 13.9. The van der Waals surface area contributed by atoms with Gasteiger partial charge in [-0.25, -0.2) is 4.79 Å². The Balaban J connectivity index is 2.05. The molecule has 5 nitrogen and oxygen atoms in total. The lowest BCUT2D eigenvalue weighted by atomic mass is 10.2. The van der Waals surface area contributed by atoms with Crippen LogP contribution in [0.5, 0.6) is 17.2 Å². The molecule has 22 heavy (non-hydrogen) atoms. The van der Waals surface area contributed by atoms with Crippen LogP contribution in [-0.2, 0) is 0 Å². The van der Waals surface area contributed by atoms with Crippen molar-refractivity contribution in [2.75, 3.05) is 7.11 Å². The molecule has 0 radical (unpaired) electrons. The average molecular weight is 295 g/mol. The molecule has 1 aromatic heterocycles. The number of para-hydroxylation sites is 1. The van der Waals surface area contributed by atoms with Gasteiger partial charge in [0.15, 0.2) is 0 Å². The van der Waals surface area contributed by atoms with Crippen LogP contribution in [0, 0.1) is 0 Å². The Hall–Kier alpha value is -3.08. The number of aromatic carboxylic acids is 1. The lowest BCUT2D eigenvalue weighted by molar-refractivity contribution is 0.0696. The van der Waals surface area contributed by atoms with Crippen molar-refractivity contribution in [2.45, 2.75) is 0 Å². The molecule has 1 heterocycles.